The van der Waals surface area contributed by atoms with Gasteiger partial charge in [-0.1, -0.05) is 15.9 Å². The van der Waals surface area contributed by atoms with Crippen molar-refractivity contribution in [2.45, 2.75) is 0 Å². The summed E-state index contributed by atoms with van der Waals surface area (Å²) < 4.78 is 17.4. The Kier molecular flexibility index (Phi) is 4.15. The average molecular weight is 401 g/mol. The number of benzene rings is 2. The van der Waals surface area contributed by atoms with Crippen LogP contribution < -0.4 is 14.9 Å². The zero-order valence-electron chi connectivity index (χ0n) is 13.0. The lowest BCUT2D eigenvalue weighted by Gasteiger charge is -2.18. The van der Waals surface area contributed by atoms with Crippen molar-refractivity contribution < 1.29 is 18.7 Å². The van der Waals surface area contributed by atoms with E-state index < -0.39 is 5.91 Å². The summed E-state index contributed by atoms with van der Waals surface area (Å²) in [5.41, 5.74) is 3.89. The van der Waals surface area contributed by atoms with Crippen LogP contribution in [0.3, 0.4) is 0 Å². The van der Waals surface area contributed by atoms with Gasteiger partial charge in [0.2, 0.25) is 0 Å². The van der Waals surface area contributed by atoms with Crippen LogP contribution in [-0.4, -0.2) is 25.3 Å². The highest BCUT2D eigenvalue weighted by Gasteiger charge is 2.13. The third-order valence-electron chi connectivity index (χ3n) is 3.65. The van der Waals surface area contributed by atoms with E-state index in [4.69, 9.17) is 13.9 Å². The van der Waals surface area contributed by atoms with E-state index in [1.807, 2.05) is 30.3 Å². The van der Waals surface area contributed by atoms with Crippen molar-refractivity contribution in [3.8, 4) is 11.5 Å². The number of amides is 1. The predicted molar refractivity (Wildman–Crippen MR) is 96.4 cm³/mol. The van der Waals surface area contributed by atoms with Crippen LogP contribution in [0, 0.1) is 0 Å². The Morgan fingerprint density at radius 2 is 1.92 bits per heavy atom. The number of rotatable bonds is 3. The Balaban J connectivity index is 1.46. The van der Waals surface area contributed by atoms with Gasteiger partial charge >= 0.3 is 5.91 Å². The molecule has 0 radical (unpaired) electrons. The van der Waals surface area contributed by atoms with E-state index in [-0.39, 0.29) is 5.76 Å². The number of ether oxygens (including phenoxy) is 2. The third kappa shape index (κ3) is 3.36. The maximum Gasteiger partial charge on any atom is 0.307 e. The minimum absolute atomic E-state index is 0.201. The Labute approximate surface area is 151 Å². The van der Waals surface area contributed by atoms with Gasteiger partial charge in [0.05, 0.1) is 6.21 Å². The number of nitrogens with one attached hydrogen (secondary N) is 1. The lowest BCUT2D eigenvalue weighted by molar-refractivity contribution is 0.0929. The number of nitrogens with zero attached hydrogens (tertiary/aromatic N) is 1. The van der Waals surface area contributed by atoms with Crippen LogP contribution in [0.5, 0.6) is 11.5 Å². The highest BCUT2D eigenvalue weighted by molar-refractivity contribution is 9.10. The summed E-state index contributed by atoms with van der Waals surface area (Å²) in [6.45, 7) is 1.07. The van der Waals surface area contributed by atoms with Gasteiger partial charge in [0.15, 0.2) is 17.3 Å². The van der Waals surface area contributed by atoms with Gasteiger partial charge in [-0.25, -0.2) is 5.43 Å². The van der Waals surface area contributed by atoms with E-state index >= 15 is 0 Å². The lowest BCUT2D eigenvalue weighted by Crippen LogP contribution is -2.17. The lowest BCUT2D eigenvalue weighted by atomic mass is 10.2. The van der Waals surface area contributed by atoms with Crippen molar-refractivity contribution >= 4 is 39.0 Å². The van der Waals surface area contributed by atoms with Crippen molar-refractivity contribution in [3.63, 3.8) is 0 Å². The smallest absolute Gasteiger partial charge is 0.307 e. The first kappa shape index (κ1) is 15.7. The van der Waals surface area contributed by atoms with Crippen molar-refractivity contribution in [2.75, 3.05) is 13.2 Å². The van der Waals surface area contributed by atoms with E-state index in [1.54, 1.807) is 12.1 Å². The van der Waals surface area contributed by atoms with E-state index in [9.17, 15) is 4.79 Å². The van der Waals surface area contributed by atoms with E-state index in [0.29, 0.717) is 30.3 Å². The molecule has 0 fully saturated rings. The average Bonchev–Trinajstić information content (AvgIpc) is 3.05. The molecular weight excluding hydrogens is 388 g/mol. The zero-order chi connectivity index (χ0) is 17.2. The molecule has 0 saturated carbocycles. The SMILES string of the molecule is O=C(N/N=C/c1ccc2c(c1)OCCO2)c1cc2cc(Br)ccc2o1. The third-order valence-corrected chi connectivity index (χ3v) is 4.14. The summed E-state index contributed by atoms with van der Waals surface area (Å²) in [5.74, 6) is 1.17. The summed E-state index contributed by atoms with van der Waals surface area (Å²) >= 11 is 3.39. The molecule has 7 heteroatoms. The highest BCUT2D eigenvalue weighted by Crippen LogP contribution is 2.30. The molecule has 1 aliphatic heterocycles. The molecule has 1 N–H and O–H groups in total. The van der Waals surface area contributed by atoms with Gasteiger partial charge in [-0.2, -0.15) is 5.10 Å². The molecule has 1 aliphatic rings. The van der Waals surface area contributed by atoms with Crippen LogP contribution in [0.1, 0.15) is 16.1 Å². The molecule has 0 unspecified atom stereocenters. The van der Waals surface area contributed by atoms with Crippen molar-refractivity contribution in [2.24, 2.45) is 5.10 Å². The Morgan fingerprint density at radius 1 is 1.08 bits per heavy atom. The normalized spacial score (nSPS) is 13.3. The van der Waals surface area contributed by atoms with Gasteiger partial charge in [0, 0.05) is 9.86 Å². The zero-order valence-corrected chi connectivity index (χ0v) is 14.6. The predicted octanol–water partition coefficient (Wildman–Crippen LogP) is 3.73. The fourth-order valence-electron chi connectivity index (χ4n) is 2.49. The van der Waals surface area contributed by atoms with Crippen LogP contribution >= 0.6 is 15.9 Å². The maximum atomic E-state index is 12.1. The van der Waals surface area contributed by atoms with Crippen LogP contribution in [0.15, 0.2) is 56.5 Å². The molecule has 0 bridgehead atoms. The summed E-state index contributed by atoms with van der Waals surface area (Å²) in [6, 6.07) is 12.7. The highest BCUT2D eigenvalue weighted by atomic mass is 79.9. The van der Waals surface area contributed by atoms with Crippen LogP contribution in [0.25, 0.3) is 11.0 Å². The summed E-state index contributed by atoms with van der Waals surface area (Å²) in [6.07, 6.45) is 1.54. The monoisotopic (exact) mass is 400 g/mol. The molecule has 6 nitrogen and oxygen atoms in total. The number of halogens is 1. The molecule has 0 saturated heterocycles. The summed E-state index contributed by atoms with van der Waals surface area (Å²) in [7, 11) is 0. The molecule has 3 aromatic rings. The second-order valence-electron chi connectivity index (χ2n) is 5.40. The van der Waals surface area contributed by atoms with E-state index in [1.165, 1.54) is 6.21 Å². The van der Waals surface area contributed by atoms with Crippen LogP contribution in [0.4, 0.5) is 0 Å². The van der Waals surface area contributed by atoms with Gasteiger partial charge in [-0.05, 0) is 48.0 Å². The Bertz CT molecular complexity index is 980. The molecule has 2 aromatic carbocycles. The second kappa shape index (κ2) is 6.60. The molecule has 4 rings (SSSR count). The minimum Gasteiger partial charge on any atom is -0.486 e. The summed E-state index contributed by atoms with van der Waals surface area (Å²) in [4.78, 5) is 12.1. The number of hydrogen-bond acceptors (Lipinski definition) is 5. The van der Waals surface area contributed by atoms with Gasteiger partial charge in [0.25, 0.3) is 0 Å². The van der Waals surface area contributed by atoms with E-state index in [0.717, 1.165) is 15.4 Å². The van der Waals surface area contributed by atoms with Gasteiger partial charge in [-0.15, -0.1) is 0 Å². The second-order valence-corrected chi connectivity index (χ2v) is 6.31. The Morgan fingerprint density at radius 3 is 2.80 bits per heavy atom. The molecule has 2 heterocycles. The standard InChI is InChI=1S/C18H13BrN2O4/c19-13-2-4-14-12(8-13)9-17(25-14)18(22)21-20-10-11-1-3-15-16(7-11)24-6-5-23-15/h1-4,7-10H,5-6H2,(H,21,22)/b20-10+. The maximum absolute atomic E-state index is 12.1. The minimum atomic E-state index is -0.416. The van der Waals surface area contributed by atoms with E-state index in [2.05, 4.69) is 26.5 Å². The fourth-order valence-corrected chi connectivity index (χ4v) is 2.87. The van der Waals surface area contributed by atoms with Crippen molar-refractivity contribution in [1.82, 2.24) is 5.43 Å². The van der Waals surface area contributed by atoms with Gasteiger partial charge in [-0.3, -0.25) is 4.79 Å². The largest absolute Gasteiger partial charge is 0.486 e. The number of fused-ring (bicyclic) bond motifs is 2. The topological polar surface area (TPSA) is 73.1 Å². The molecule has 1 aromatic heterocycles. The van der Waals surface area contributed by atoms with Crippen molar-refractivity contribution in [3.05, 3.63) is 58.3 Å². The molecule has 126 valence electrons. The first-order valence-corrected chi connectivity index (χ1v) is 8.40. The summed E-state index contributed by atoms with van der Waals surface area (Å²) in [5, 5.41) is 4.81. The molecule has 0 spiro atoms. The number of carbonyl (C=O) groups excluding carboxylic acids is 1. The number of hydrogen-bond donors (Lipinski definition) is 1. The van der Waals surface area contributed by atoms with Gasteiger partial charge in [0.1, 0.15) is 18.8 Å². The molecule has 0 aliphatic carbocycles. The first-order chi connectivity index (χ1) is 12.2. The molecule has 25 heavy (non-hydrogen) atoms. The quantitative estimate of drug-likeness (QED) is 0.536. The van der Waals surface area contributed by atoms with Crippen LogP contribution in [0.2, 0.25) is 0 Å². The van der Waals surface area contributed by atoms with Crippen LogP contribution in [-0.2, 0) is 0 Å². The first-order valence-electron chi connectivity index (χ1n) is 7.61. The Hall–Kier alpha value is -2.80. The fraction of sp³-hybridized carbons (Fsp3) is 0.111. The number of carbonyl (C=O) groups is 1. The van der Waals surface area contributed by atoms with Gasteiger partial charge < -0.3 is 13.9 Å². The molecule has 1 amide bonds. The molecule has 0 atom stereocenters. The number of furan rings is 1. The number of hydrazone groups is 1. The molecular formula is C18H13BrN2O4. The van der Waals surface area contributed by atoms with Crippen molar-refractivity contribution in [1.29, 1.82) is 0 Å².